The third kappa shape index (κ3) is 5.65. The SMILES string of the molecule is CCNC(C)(CCCSC1CCCC(C)C1)C(=O)OC. The van der Waals surface area contributed by atoms with Crippen LogP contribution in [0.1, 0.15) is 59.3 Å². The molecule has 1 aliphatic carbocycles. The van der Waals surface area contributed by atoms with Gasteiger partial charge < -0.3 is 10.1 Å². The fourth-order valence-corrected chi connectivity index (χ4v) is 4.53. The first kappa shape index (κ1) is 17.8. The summed E-state index contributed by atoms with van der Waals surface area (Å²) >= 11 is 2.10. The van der Waals surface area contributed by atoms with Gasteiger partial charge in [-0.2, -0.15) is 11.8 Å². The van der Waals surface area contributed by atoms with Gasteiger partial charge in [0.25, 0.3) is 0 Å². The number of hydrogen-bond donors (Lipinski definition) is 1. The topological polar surface area (TPSA) is 38.3 Å². The van der Waals surface area contributed by atoms with E-state index in [1.54, 1.807) is 0 Å². The summed E-state index contributed by atoms with van der Waals surface area (Å²) in [5.74, 6) is 1.90. The second-order valence-electron chi connectivity index (χ2n) is 6.22. The predicted octanol–water partition coefficient (Wildman–Crippen LogP) is 3.62. The van der Waals surface area contributed by atoms with Gasteiger partial charge in [-0.25, -0.2) is 0 Å². The Kier molecular flexibility index (Phi) is 7.96. The molecule has 0 aliphatic heterocycles. The highest BCUT2D eigenvalue weighted by molar-refractivity contribution is 7.99. The van der Waals surface area contributed by atoms with E-state index in [0.29, 0.717) is 0 Å². The number of methoxy groups -OCH3 is 1. The van der Waals surface area contributed by atoms with E-state index in [-0.39, 0.29) is 5.97 Å². The molecular weight excluding hydrogens is 270 g/mol. The lowest BCUT2D eigenvalue weighted by Crippen LogP contribution is -2.50. The van der Waals surface area contributed by atoms with Crippen LogP contribution in [0.2, 0.25) is 0 Å². The largest absolute Gasteiger partial charge is 0.468 e. The van der Waals surface area contributed by atoms with Crippen molar-refractivity contribution in [3.05, 3.63) is 0 Å². The van der Waals surface area contributed by atoms with Gasteiger partial charge in [0.15, 0.2) is 0 Å². The zero-order chi connectivity index (χ0) is 15.0. The van der Waals surface area contributed by atoms with E-state index in [0.717, 1.165) is 36.3 Å². The van der Waals surface area contributed by atoms with E-state index in [4.69, 9.17) is 4.74 Å². The molecule has 3 nitrogen and oxygen atoms in total. The summed E-state index contributed by atoms with van der Waals surface area (Å²) in [5, 5.41) is 4.11. The summed E-state index contributed by atoms with van der Waals surface area (Å²) < 4.78 is 4.92. The number of hydrogen-bond acceptors (Lipinski definition) is 4. The maximum absolute atomic E-state index is 11.9. The van der Waals surface area contributed by atoms with E-state index in [1.165, 1.54) is 32.8 Å². The summed E-state index contributed by atoms with van der Waals surface area (Å²) in [6.45, 7) is 7.14. The minimum atomic E-state index is -0.524. The van der Waals surface area contributed by atoms with Crippen LogP contribution in [0.5, 0.6) is 0 Å². The normalized spacial score (nSPS) is 26.0. The lowest BCUT2D eigenvalue weighted by molar-refractivity contribution is -0.148. The van der Waals surface area contributed by atoms with Crippen LogP contribution in [0.15, 0.2) is 0 Å². The summed E-state index contributed by atoms with van der Waals surface area (Å²) in [4.78, 5) is 11.9. The summed E-state index contributed by atoms with van der Waals surface area (Å²) in [6, 6.07) is 0. The zero-order valence-electron chi connectivity index (χ0n) is 13.5. The predicted molar refractivity (Wildman–Crippen MR) is 87.2 cm³/mol. The average Bonchev–Trinajstić information content (AvgIpc) is 2.43. The third-order valence-electron chi connectivity index (χ3n) is 4.27. The minimum absolute atomic E-state index is 0.143. The van der Waals surface area contributed by atoms with Gasteiger partial charge in [-0.15, -0.1) is 0 Å². The first-order chi connectivity index (χ1) is 9.51. The standard InChI is InChI=1S/C16H31NO2S/c1-5-17-16(3,15(18)19-4)10-7-11-20-14-9-6-8-13(2)12-14/h13-14,17H,5-12H2,1-4H3. The molecule has 0 aromatic rings. The van der Waals surface area contributed by atoms with Gasteiger partial charge in [-0.3, -0.25) is 4.79 Å². The number of carbonyl (C=O) groups excluding carboxylic acids is 1. The van der Waals surface area contributed by atoms with Crippen molar-refractivity contribution in [1.82, 2.24) is 5.32 Å². The highest BCUT2D eigenvalue weighted by Crippen LogP contribution is 2.32. The molecule has 0 spiro atoms. The molecule has 1 saturated carbocycles. The second-order valence-corrected chi connectivity index (χ2v) is 7.63. The van der Waals surface area contributed by atoms with Crippen molar-refractivity contribution in [3.63, 3.8) is 0 Å². The van der Waals surface area contributed by atoms with E-state index < -0.39 is 5.54 Å². The van der Waals surface area contributed by atoms with Gasteiger partial charge in [0, 0.05) is 5.25 Å². The molecule has 0 radical (unpaired) electrons. The van der Waals surface area contributed by atoms with Crippen molar-refractivity contribution in [2.45, 2.75) is 70.1 Å². The van der Waals surface area contributed by atoms with Crippen molar-refractivity contribution in [2.24, 2.45) is 5.92 Å². The molecule has 1 aliphatic rings. The maximum atomic E-state index is 11.9. The molecule has 118 valence electrons. The lowest BCUT2D eigenvalue weighted by atomic mass is 9.91. The van der Waals surface area contributed by atoms with Crippen LogP contribution in [0.25, 0.3) is 0 Å². The van der Waals surface area contributed by atoms with Crippen molar-refractivity contribution in [3.8, 4) is 0 Å². The van der Waals surface area contributed by atoms with Crippen LogP contribution in [0, 0.1) is 5.92 Å². The van der Waals surface area contributed by atoms with Gasteiger partial charge in [0.2, 0.25) is 0 Å². The molecule has 0 amide bonds. The number of rotatable bonds is 8. The summed E-state index contributed by atoms with van der Waals surface area (Å²) in [6.07, 6.45) is 7.44. The molecule has 0 aromatic carbocycles. The Bertz CT molecular complexity index is 298. The van der Waals surface area contributed by atoms with E-state index in [2.05, 4.69) is 24.0 Å². The molecule has 3 atom stereocenters. The van der Waals surface area contributed by atoms with Crippen molar-refractivity contribution < 1.29 is 9.53 Å². The monoisotopic (exact) mass is 301 g/mol. The van der Waals surface area contributed by atoms with Crippen molar-refractivity contribution >= 4 is 17.7 Å². The molecule has 3 unspecified atom stereocenters. The van der Waals surface area contributed by atoms with Gasteiger partial charge >= 0.3 is 5.97 Å². The molecule has 1 fully saturated rings. The Labute approximate surface area is 128 Å². The fourth-order valence-electron chi connectivity index (χ4n) is 3.08. The summed E-state index contributed by atoms with van der Waals surface area (Å²) in [5.41, 5.74) is -0.524. The van der Waals surface area contributed by atoms with E-state index >= 15 is 0 Å². The first-order valence-electron chi connectivity index (χ1n) is 7.97. The van der Waals surface area contributed by atoms with Crippen LogP contribution in [0.4, 0.5) is 0 Å². The smallest absolute Gasteiger partial charge is 0.325 e. The number of likely N-dealkylation sites (N-methyl/N-ethyl adjacent to an activating group) is 1. The first-order valence-corrected chi connectivity index (χ1v) is 9.01. The molecule has 0 heterocycles. The Morgan fingerprint density at radius 1 is 1.45 bits per heavy atom. The molecule has 0 bridgehead atoms. The molecule has 0 saturated heterocycles. The Morgan fingerprint density at radius 2 is 2.20 bits per heavy atom. The molecular formula is C16H31NO2S. The number of carbonyl (C=O) groups is 1. The van der Waals surface area contributed by atoms with Crippen LogP contribution in [0.3, 0.4) is 0 Å². The van der Waals surface area contributed by atoms with E-state index in [1.807, 2.05) is 13.8 Å². The second kappa shape index (κ2) is 8.93. The minimum Gasteiger partial charge on any atom is -0.468 e. The number of esters is 1. The van der Waals surface area contributed by atoms with Crippen LogP contribution < -0.4 is 5.32 Å². The maximum Gasteiger partial charge on any atom is 0.325 e. The average molecular weight is 301 g/mol. The number of ether oxygens (including phenoxy) is 1. The van der Waals surface area contributed by atoms with Crippen LogP contribution in [-0.4, -0.2) is 36.2 Å². The van der Waals surface area contributed by atoms with Gasteiger partial charge in [-0.1, -0.05) is 26.7 Å². The zero-order valence-corrected chi connectivity index (χ0v) is 14.4. The quantitative estimate of drug-likeness (QED) is 0.549. The Morgan fingerprint density at radius 3 is 2.80 bits per heavy atom. The molecule has 20 heavy (non-hydrogen) atoms. The van der Waals surface area contributed by atoms with Gasteiger partial charge in [0.1, 0.15) is 5.54 Å². The van der Waals surface area contributed by atoms with Crippen LogP contribution >= 0.6 is 11.8 Å². The molecule has 1 N–H and O–H groups in total. The summed E-state index contributed by atoms with van der Waals surface area (Å²) in [7, 11) is 1.47. The van der Waals surface area contributed by atoms with Crippen molar-refractivity contribution in [1.29, 1.82) is 0 Å². The fraction of sp³-hybridized carbons (Fsp3) is 0.938. The lowest BCUT2D eigenvalue weighted by Gasteiger charge is -2.29. The Hall–Kier alpha value is -0.220. The van der Waals surface area contributed by atoms with Gasteiger partial charge in [0.05, 0.1) is 7.11 Å². The number of thioether (sulfide) groups is 1. The molecule has 4 heteroatoms. The van der Waals surface area contributed by atoms with Crippen LogP contribution in [-0.2, 0) is 9.53 Å². The van der Waals surface area contributed by atoms with Crippen molar-refractivity contribution in [2.75, 3.05) is 19.4 Å². The number of nitrogens with one attached hydrogen (secondary N) is 1. The molecule has 1 rings (SSSR count). The highest BCUT2D eigenvalue weighted by Gasteiger charge is 2.32. The highest BCUT2D eigenvalue weighted by atomic mass is 32.2. The van der Waals surface area contributed by atoms with Gasteiger partial charge in [-0.05, 0) is 50.8 Å². The van der Waals surface area contributed by atoms with E-state index in [9.17, 15) is 4.79 Å². The Balaban J connectivity index is 2.28. The molecule has 0 aromatic heterocycles. The third-order valence-corrected chi connectivity index (χ3v) is 5.69.